The number of para-hydroxylation sites is 1. The van der Waals surface area contributed by atoms with Crippen LogP contribution in [0, 0.1) is 34.4 Å². The lowest BCUT2D eigenvalue weighted by Gasteiger charge is -2.14. The van der Waals surface area contributed by atoms with Gasteiger partial charge in [0.25, 0.3) is 0 Å². The second-order valence-corrected chi connectivity index (χ2v) is 8.30. The van der Waals surface area contributed by atoms with E-state index in [1.54, 1.807) is 44.2 Å². The smallest absolute Gasteiger partial charge is 0.426 e. The number of nitrogens with zero attached hydrogens (tertiary/aromatic N) is 1. The first-order valence-corrected chi connectivity index (χ1v) is 9.90. The van der Waals surface area contributed by atoms with Crippen LogP contribution >= 0.6 is 11.6 Å². The van der Waals surface area contributed by atoms with E-state index in [9.17, 15) is 27.6 Å². The number of hydrogen-bond donors (Lipinski definition) is 0. The van der Waals surface area contributed by atoms with Crippen molar-refractivity contribution in [1.29, 1.82) is 5.26 Å². The fraction of sp³-hybridized carbons (Fsp3) is 0.304. The quantitative estimate of drug-likeness (QED) is 0.351. The number of halogens is 5. The van der Waals surface area contributed by atoms with Gasteiger partial charge < -0.3 is 9.47 Å². The molecule has 3 atom stereocenters. The Hall–Kier alpha value is -3.05. The van der Waals surface area contributed by atoms with Gasteiger partial charge in [0.05, 0.1) is 5.92 Å². The van der Waals surface area contributed by atoms with Gasteiger partial charge in [-0.2, -0.15) is 18.4 Å². The maximum Gasteiger partial charge on any atom is 0.426 e. The highest BCUT2D eigenvalue weighted by Crippen LogP contribution is 2.60. The molecule has 0 saturated heterocycles. The molecule has 0 heterocycles. The van der Waals surface area contributed by atoms with Gasteiger partial charge in [0.1, 0.15) is 16.9 Å². The highest BCUT2D eigenvalue weighted by Gasteiger charge is 2.62. The minimum absolute atomic E-state index is 0.159. The van der Waals surface area contributed by atoms with Crippen molar-refractivity contribution in [2.24, 2.45) is 17.3 Å². The lowest BCUT2D eigenvalue weighted by Crippen LogP contribution is -2.15. The Morgan fingerprint density at radius 2 is 1.88 bits per heavy atom. The molecule has 9 heteroatoms. The van der Waals surface area contributed by atoms with Crippen molar-refractivity contribution in [2.45, 2.75) is 26.1 Å². The fourth-order valence-electron chi connectivity index (χ4n) is 3.43. The zero-order valence-electron chi connectivity index (χ0n) is 17.0. The highest BCUT2D eigenvalue weighted by atomic mass is 35.5. The number of benzene rings is 2. The Kier molecular flexibility index (Phi) is 6.51. The highest BCUT2D eigenvalue weighted by molar-refractivity contribution is 6.30. The normalized spacial score (nSPS) is 20.8. The third-order valence-corrected chi connectivity index (χ3v) is 5.68. The van der Waals surface area contributed by atoms with E-state index < -0.39 is 46.3 Å². The lowest BCUT2D eigenvalue weighted by molar-refractivity contribution is -0.149. The Morgan fingerprint density at radius 3 is 2.47 bits per heavy atom. The van der Waals surface area contributed by atoms with Crippen LogP contribution in [0.3, 0.4) is 0 Å². The molecule has 0 aromatic heterocycles. The third-order valence-electron chi connectivity index (χ3n) is 5.34. The van der Waals surface area contributed by atoms with Crippen LogP contribution in [0.4, 0.5) is 17.6 Å². The Balaban J connectivity index is 1.76. The molecule has 32 heavy (non-hydrogen) atoms. The molecule has 2 aromatic rings. The average molecular weight is 468 g/mol. The van der Waals surface area contributed by atoms with E-state index in [0.717, 1.165) is 12.1 Å². The second kappa shape index (κ2) is 8.83. The molecule has 4 nitrogen and oxygen atoms in total. The topological polar surface area (TPSA) is 59.3 Å². The maximum absolute atomic E-state index is 14.2. The predicted molar refractivity (Wildman–Crippen MR) is 108 cm³/mol. The Labute approximate surface area is 187 Å². The van der Waals surface area contributed by atoms with Crippen LogP contribution in [0.2, 0.25) is 0 Å². The van der Waals surface area contributed by atoms with Gasteiger partial charge in [0.2, 0.25) is 6.10 Å². The molecule has 1 fully saturated rings. The summed E-state index contributed by atoms with van der Waals surface area (Å²) in [6.45, 7) is 3.21. The summed E-state index contributed by atoms with van der Waals surface area (Å²) in [4.78, 5) is 12.6. The molecule has 1 saturated carbocycles. The van der Waals surface area contributed by atoms with E-state index in [4.69, 9.17) is 21.1 Å². The van der Waals surface area contributed by atoms with Crippen molar-refractivity contribution < 1.29 is 31.8 Å². The van der Waals surface area contributed by atoms with Gasteiger partial charge in [-0.1, -0.05) is 55.8 Å². The van der Waals surface area contributed by atoms with Crippen LogP contribution < -0.4 is 4.74 Å². The number of rotatable bonds is 6. The zero-order valence-corrected chi connectivity index (χ0v) is 17.7. The van der Waals surface area contributed by atoms with Crippen molar-refractivity contribution in [3.8, 4) is 17.6 Å². The fourth-order valence-corrected chi connectivity index (χ4v) is 3.56. The summed E-state index contributed by atoms with van der Waals surface area (Å²) < 4.78 is 63.1. The molecule has 3 rings (SSSR count). The number of hydrogen-bond acceptors (Lipinski definition) is 4. The molecule has 0 aliphatic heterocycles. The maximum atomic E-state index is 14.2. The van der Waals surface area contributed by atoms with Crippen molar-refractivity contribution in [3.63, 3.8) is 0 Å². The molecule has 0 radical (unpaired) electrons. The van der Waals surface area contributed by atoms with Gasteiger partial charge >= 0.3 is 12.1 Å². The first-order chi connectivity index (χ1) is 14.9. The summed E-state index contributed by atoms with van der Waals surface area (Å²) in [7, 11) is 0. The van der Waals surface area contributed by atoms with E-state index in [2.05, 4.69) is 0 Å². The van der Waals surface area contributed by atoms with Crippen LogP contribution in [0.1, 0.15) is 25.5 Å². The van der Waals surface area contributed by atoms with E-state index in [0.29, 0.717) is 5.75 Å². The van der Waals surface area contributed by atoms with Crippen LogP contribution in [-0.4, -0.2) is 12.1 Å². The molecule has 0 spiro atoms. The summed E-state index contributed by atoms with van der Waals surface area (Å²) in [5.41, 5.74) is -0.667. The molecule has 1 aliphatic rings. The van der Waals surface area contributed by atoms with Crippen molar-refractivity contribution in [2.75, 3.05) is 0 Å². The monoisotopic (exact) mass is 467 g/mol. The Morgan fingerprint density at radius 1 is 1.22 bits per heavy atom. The summed E-state index contributed by atoms with van der Waals surface area (Å²) >= 11 is 5.30. The first kappa shape index (κ1) is 23.6. The number of ether oxygens (including phenoxy) is 2. The number of carbonyl (C=O) groups is 1. The molecule has 0 bridgehead atoms. The van der Waals surface area contributed by atoms with Gasteiger partial charge in [-0.25, -0.2) is 4.39 Å². The van der Waals surface area contributed by atoms with E-state index in [1.165, 1.54) is 12.1 Å². The Bertz CT molecular complexity index is 1080. The largest absolute Gasteiger partial charge is 0.454 e. The van der Waals surface area contributed by atoms with Crippen molar-refractivity contribution in [3.05, 3.63) is 71.0 Å². The van der Waals surface area contributed by atoms with Crippen LogP contribution in [0.5, 0.6) is 11.5 Å². The number of allylic oxidation sites excluding steroid dienone is 2. The molecule has 1 unspecified atom stereocenters. The van der Waals surface area contributed by atoms with E-state index >= 15 is 0 Å². The first-order valence-electron chi connectivity index (χ1n) is 9.52. The minimum Gasteiger partial charge on any atom is -0.454 e. The minimum atomic E-state index is -4.72. The van der Waals surface area contributed by atoms with Gasteiger partial charge in [-0.3, -0.25) is 4.79 Å². The molecule has 1 aliphatic carbocycles. The van der Waals surface area contributed by atoms with Crippen molar-refractivity contribution >= 4 is 17.6 Å². The number of esters is 1. The molecule has 168 valence electrons. The van der Waals surface area contributed by atoms with Crippen LogP contribution in [-0.2, 0) is 9.53 Å². The summed E-state index contributed by atoms with van der Waals surface area (Å²) in [5, 5.41) is 8.17. The predicted octanol–water partition coefficient (Wildman–Crippen LogP) is 6.68. The number of alkyl halides is 3. The summed E-state index contributed by atoms with van der Waals surface area (Å²) in [5.74, 6) is -3.04. The van der Waals surface area contributed by atoms with Gasteiger partial charge in [0.15, 0.2) is 11.6 Å². The number of carbonyl (C=O) groups excluding carboxylic acids is 1. The SMILES string of the molecule is CC1(C)[C@H](C(=O)OC(C#N)c2ccc(F)c(Oc3ccccc3)c2)[C@@H]1/C=C(\Cl)C(F)(F)F. The van der Waals surface area contributed by atoms with E-state index in [1.807, 2.05) is 6.07 Å². The lowest BCUT2D eigenvalue weighted by atomic mass is 10.1. The summed E-state index contributed by atoms with van der Waals surface area (Å²) in [6.07, 6.45) is -5.33. The molecular formula is C23H18ClF4NO3. The van der Waals surface area contributed by atoms with Gasteiger partial charge in [-0.15, -0.1) is 0 Å². The van der Waals surface area contributed by atoms with Gasteiger partial charge in [-0.05, 0) is 35.6 Å². The second-order valence-electron chi connectivity index (χ2n) is 7.89. The van der Waals surface area contributed by atoms with Gasteiger partial charge in [0, 0.05) is 5.56 Å². The average Bonchev–Trinajstić information content (AvgIpc) is 3.27. The molecule has 0 N–H and O–H groups in total. The van der Waals surface area contributed by atoms with Crippen LogP contribution in [0.25, 0.3) is 0 Å². The molecule has 0 amide bonds. The van der Waals surface area contributed by atoms with E-state index in [-0.39, 0.29) is 11.3 Å². The van der Waals surface area contributed by atoms with Crippen molar-refractivity contribution in [1.82, 2.24) is 0 Å². The molecule has 2 aromatic carbocycles. The zero-order chi connectivity index (χ0) is 23.7. The number of nitriles is 1. The molecular weight excluding hydrogens is 450 g/mol. The third kappa shape index (κ3) is 5.05. The summed E-state index contributed by atoms with van der Waals surface area (Å²) in [6, 6.07) is 13.8. The standard InChI is InChI=1S/C23H18ClF4NO3/c1-22(2)15(11-19(24)23(26,27)28)20(22)21(30)32-18(12-29)13-8-9-16(25)17(10-13)31-14-6-4-3-5-7-14/h3-11,15,18,20H,1-2H3/b19-11-/t15-,18?,20-/m0/s1. The van der Waals surface area contributed by atoms with Crippen LogP contribution in [0.15, 0.2) is 59.6 Å².